The molecule has 3 heterocycles. The standard InChI is InChI=1S/C43H62N2O9/c1-23(2)24(3)39(4)16-17-41(6)26-12-13-31-40(5)21-52-22-43(31,27(26)14-15-42(41,7)35(39)37(50)51)18-29(45-28-11-9-8-10-25(28)19-44-45)36(40)54-38-34(49)33(48)32(47)30(20-46)53-38/h8-11,14,19,23-24,26,29-36,38,46-49H,12-13,15-18,20-22H2,1-7H3,(H,50,51)/t24-,26+,29-,30-,31+,32-,33+,34-,35-,36+,38+,39-,40?,41-,42+,43+/m1/s1. The molecule has 5 fully saturated rings. The third kappa shape index (κ3) is 5.10. The Morgan fingerprint density at radius 1 is 1.00 bits per heavy atom. The van der Waals surface area contributed by atoms with Crippen LogP contribution in [0.4, 0.5) is 0 Å². The highest BCUT2D eigenvalue weighted by molar-refractivity contribution is 5.78. The van der Waals surface area contributed by atoms with E-state index in [4.69, 9.17) is 19.3 Å². The third-order valence-corrected chi connectivity index (χ3v) is 17.0. The summed E-state index contributed by atoms with van der Waals surface area (Å²) in [5.74, 6) is -0.179. The van der Waals surface area contributed by atoms with Gasteiger partial charge in [0.2, 0.25) is 0 Å². The van der Waals surface area contributed by atoms with Gasteiger partial charge < -0.3 is 39.7 Å². The quantitative estimate of drug-likeness (QED) is 0.184. The molecule has 1 aromatic carbocycles. The van der Waals surface area contributed by atoms with Crippen LogP contribution in [0.15, 0.2) is 42.1 Å². The minimum Gasteiger partial charge on any atom is -0.481 e. The monoisotopic (exact) mass is 750 g/mol. The normalized spacial score (nSPS) is 48.0. The lowest BCUT2D eigenvalue weighted by molar-refractivity contribution is -0.343. The maximum absolute atomic E-state index is 13.5. The Morgan fingerprint density at radius 2 is 1.74 bits per heavy atom. The summed E-state index contributed by atoms with van der Waals surface area (Å²) in [5.41, 5.74) is 0.422. The van der Waals surface area contributed by atoms with Gasteiger partial charge in [0, 0.05) is 16.2 Å². The number of aromatic nitrogens is 2. The molecule has 5 N–H and O–H groups in total. The molecule has 8 rings (SSSR count). The number of allylic oxidation sites excluding steroid dienone is 1. The van der Waals surface area contributed by atoms with Crippen molar-refractivity contribution in [1.29, 1.82) is 0 Å². The zero-order valence-electron chi connectivity index (χ0n) is 33.0. The fourth-order valence-electron chi connectivity index (χ4n) is 13.6. The summed E-state index contributed by atoms with van der Waals surface area (Å²) in [6, 6.07) is 7.77. The first kappa shape index (κ1) is 38.5. The van der Waals surface area contributed by atoms with Crippen LogP contribution >= 0.6 is 0 Å². The molecular formula is C43H62N2O9. The summed E-state index contributed by atoms with van der Waals surface area (Å²) in [5, 5.41) is 59.7. The molecule has 2 bridgehead atoms. The van der Waals surface area contributed by atoms with E-state index in [1.165, 1.54) is 5.57 Å². The van der Waals surface area contributed by atoms with E-state index in [0.717, 1.165) is 36.6 Å². The van der Waals surface area contributed by atoms with Crippen molar-refractivity contribution < 1.29 is 44.5 Å². The second-order valence-corrected chi connectivity index (χ2v) is 19.5. The number of aliphatic hydroxyl groups is 4. The molecule has 2 saturated heterocycles. The Kier molecular flexibility index (Phi) is 9.32. The Bertz CT molecular complexity index is 1790. The first-order chi connectivity index (χ1) is 25.5. The van der Waals surface area contributed by atoms with Gasteiger partial charge in [-0.3, -0.25) is 9.48 Å². The van der Waals surface area contributed by atoms with Crippen LogP contribution in [-0.4, -0.2) is 97.9 Å². The van der Waals surface area contributed by atoms with Gasteiger partial charge in [-0.15, -0.1) is 0 Å². The molecule has 0 radical (unpaired) electrons. The summed E-state index contributed by atoms with van der Waals surface area (Å²) in [6.07, 6.45) is 1.79. The number of rotatable bonds is 7. The lowest BCUT2D eigenvalue weighted by Crippen LogP contribution is -2.70. The minimum atomic E-state index is -1.56. The highest BCUT2D eigenvalue weighted by Crippen LogP contribution is 2.75. The van der Waals surface area contributed by atoms with Crippen molar-refractivity contribution in [3.05, 3.63) is 42.1 Å². The number of carboxylic acid groups (broad SMARTS) is 1. The van der Waals surface area contributed by atoms with Gasteiger partial charge in [0.1, 0.15) is 24.4 Å². The molecule has 298 valence electrons. The average molecular weight is 751 g/mol. The molecule has 0 amide bonds. The first-order valence-corrected chi connectivity index (χ1v) is 20.4. The van der Waals surface area contributed by atoms with Crippen molar-refractivity contribution in [3.8, 4) is 0 Å². The summed E-state index contributed by atoms with van der Waals surface area (Å²) in [4.78, 5) is 13.5. The number of nitrogens with zero attached hydrogens (tertiary/aromatic N) is 2. The van der Waals surface area contributed by atoms with Crippen LogP contribution in [0.5, 0.6) is 0 Å². The van der Waals surface area contributed by atoms with E-state index < -0.39 is 66.1 Å². The van der Waals surface area contributed by atoms with Crippen molar-refractivity contribution in [3.63, 3.8) is 0 Å². The number of carbonyl (C=O) groups is 1. The molecule has 2 aromatic rings. The Labute approximate surface area is 319 Å². The van der Waals surface area contributed by atoms with E-state index >= 15 is 0 Å². The first-order valence-electron chi connectivity index (χ1n) is 20.4. The Morgan fingerprint density at radius 3 is 2.44 bits per heavy atom. The van der Waals surface area contributed by atoms with E-state index in [1.54, 1.807) is 0 Å². The molecule has 1 unspecified atom stereocenters. The molecule has 0 spiro atoms. The van der Waals surface area contributed by atoms with Gasteiger partial charge in [0.15, 0.2) is 6.29 Å². The fraction of sp³-hybridized carbons (Fsp3) is 0.767. The summed E-state index contributed by atoms with van der Waals surface area (Å²) >= 11 is 0. The maximum Gasteiger partial charge on any atom is 0.307 e. The van der Waals surface area contributed by atoms with E-state index in [1.807, 2.05) is 24.4 Å². The van der Waals surface area contributed by atoms with Gasteiger partial charge in [-0.25, -0.2) is 0 Å². The number of aliphatic carboxylic acids is 1. The summed E-state index contributed by atoms with van der Waals surface area (Å²) in [6.45, 7) is 16.3. The lowest BCUT2D eigenvalue weighted by atomic mass is 9.34. The van der Waals surface area contributed by atoms with Crippen molar-refractivity contribution in [1.82, 2.24) is 9.78 Å². The number of benzene rings is 1. The summed E-state index contributed by atoms with van der Waals surface area (Å²) < 4.78 is 21.6. The molecule has 1 aromatic heterocycles. The van der Waals surface area contributed by atoms with Gasteiger partial charge in [0.05, 0.1) is 49.6 Å². The highest BCUT2D eigenvalue weighted by atomic mass is 16.7. The molecule has 11 heteroatoms. The third-order valence-electron chi connectivity index (χ3n) is 17.0. The van der Waals surface area contributed by atoms with E-state index in [0.29, 0.717) is 32.0 Å². The fourth-order valence-corrected chi connectivity index (χ4v) is 13.6. The summed E-state index contributed by atoms with van der Waals surface area (Å²) in [7, 11) is 0. The largest absolute Gasteiger partial charge is 0.481 e. The van der Waals surface area contributed by atoms with Crippen molar-refractivity contribution in [2.24, 2.45) is 56.7 Å². The second-order valence-electron chi connectivity index (χ2n) is 19.5. The van der Waals surface area contributed by atoms with Crippen molar-refractivity contribution >= 4 is 16.9 Å². The number of ether oxygens (including phenoxy) is 3. The zero-order chi connectivity index (χ0) is 38.7. The van der Waals surface area contributed by atoms with Gasteiger partial charge in [0.25, 0.3) is 0 Å². The van der Waals surface area contributed by atoms with E-state index in [9.17, 15) is 30.3 Å². The van der Waals surface area contributed by atoms with Crippen LogP contribution in [0.3, 0.4) is 0 Å². The molecule has 3 saturated carbocycles. The predicted molar refractivity (Wildman–Crippen MR) is 201 cm³/mol. The van der Waals surface area contributed by atoms with Crippen molar-refractivity contribution in [2.75, 3.05) is 19.8 Å². The van der Waals surface area contributed by atoms with E-state index in [2.05, 4.69) is 65.3 Å². The van der Waals surface area contributed by atoms with Crippen LogP contribution in [0.25, 0.3) is 10.9 Å². The molecule has 6 aliphatic rings. The SMILES string of the molecule is CC(C)[C@@H](C)[C@@]1(C)CC[C@]2(C)[C@H]3CC[C@H]4C5(C)COC[C@@]4(C[C@@H](n4ncc6ccccc64)[C@@H]5O[C@@H]4O[C@H](CO)[C@@H](O)[C@H](O)[C@H]4O)C3=CC[C@@]2(C)[C@@H]1C(=O)O. The van der Waals surface area contributed by atoms with Crippen LogP contribution in [0, 0.1) is 56.7 Å². The van der Waals surface area contributed by atoms with Gasteiger partial charge in [-0.1, -0.05) is 78.3 Å². The number of fused-ring (bicyclic) bond motifs is 4. The lowest BCUT2D eigenvalue weighted by Gasteiger charge is -2.71. The average Bonchev–Trinajstić information content (AvgIpc) is 3.56. The maximum atomic E-state index is 13.5. The van der Waals surface area contributed by atoms with Crippen LogP contribution in [-0.2, 0) is 19.0 Å². The Balaban J connectivity index is 1.24. The smallest absolute Gasteiger partial charge is 0.307 e. The van der Waals surface area contributed by atoms with Crippen molar-refractivity contribution in [2.45, 2.75) is 130 Å². The molecule has 54 heavy (non-hydrogen) atoms. The zero-order valence-corrected chi connectivity index (χ0v) is 33.0. The Hall–Kier alpha value is -2.38. The topological polar surface area (TPSA) is 164 Å². The number of carboxylic acids is 1. The van der Waals surface area contributed by atoms with Crippen LogP contribution in [0.1, 0.15) is 93.0 Å². The second kappa shape index (κ2) is 13.1. The number of aliphatic hydroxyl groups excluding tert-OH is 4. The number of para-hydroxylation sites is 1. The molecule has 11 nitrogen and oxygen atoms in total. The van der Waals surface area contributed by atoms with Gasteiger partial charge in [-0.2, -0.15) is 5.10 Å². The number of hydrogen-bond acceptors (Lipinski definition) is 9. The minimum absolute atomic E-state index is 0.146. The molecule has 16 atom stereocenters. The molecule has 4 aliphatic carbocycles. The molecular weight excluding hydrogens is 688 g/mol. The van der Waals surface area contributed by atoms with Gasteiger partial charge in [-0.05, 0) is 84.5 Å². The van der Waals surface area contributed by atoms with E-state index in [-0.39, 0.29) is 40.0 Å². The predicted octanol–water partition coefficient (Wildman–Crippen LogP) is 5.35. The van der Waals surface area contributed by atoms with Gasteiger partial charge >= 0.3 is 5.97 Å². The highest BCUT2D eigenvalue weighted by Gasteiger charge is 2.72. The van der Waals surface area contributed by atoms with Crippen LogP contribution in [0.2, 0.25) is 0 Å². The molecule has 2 aliphatic heterocycles. The number of hydrogen-bond donors (Lipinski definition) is 5. The van der Waals surface area contributed by atoms with Crippen LogP contribution < -0.4 is 0 Å².